The molecule has 3 rings (SSSR count). The summed E-state index contributed by atoms with van der Waals surface area (Å²) in [6, 6.07) is 0. The average Bonchev–Trinajstić information content (AvgIpc) is 2.73. The van der Waals surface area contributed by atoms with Crippen LogP contribution in [0.25, 0.3) is 0 Å². The van der Waals surface area contributed by atoms with E-state index in [4.69, 9.17) is 14.2 Å². The summed E-state index contributed by atoms with van der Waals surface area (Å²) in [5.74, 6) is -1.52. The second-order valence-corrected chi connectivity index (χ2v) is 10.3. The van der Waals surface area contributed by atoms with Crippen LogP contribution in [0.2, 0.25) is 0 Å². The molecular formula is C25H36O7. The second kappa shape index (κ2) is 8.32. The van der Waals surface area contributed by atoms with Gasteiger partial charge in [-0.25, -0.2) is 0 Å². The van der Waals surface area contributed by atoms with Gasteiger partial charge in [0, 0.05) is 30.3 Å². The third-order valence-electron chi connectivity index (χ3n) is 8.42. The molecule has 0 radical (unpaired) electrons. The number of carbonyl (C=O) groups is 3. The molecule has 7 nitrogen and oxygen atoms in total. The first-order valence-electron chi connectivity index (χ1n) is 11.3. The van der Waals surface area contributed by atoms with Crippen molar-refractivity contribution in [2.45, 2.75) is 85.0 Å². The quantitative estimate of drug-likeness (QED) is 0.399. The fourth-order valence-electron chi connectivity index (χ4n) is 6.55. The molecule has 0 saturated heterocycles. The third kappa shape index (κ3) is 3.58. The molecule has 7 heteroatoms. The zero-order valence-electron chi connectivity index (χ0n) is 20.0. The fourth-order valence-corrected chi connectivity index (χ4v) is 6.55. The van der Waals surface area contributed by atoms with E-state index in [2.05, 4.69) is 6.58 Å². The lowest BCUT2D eigenvalue weighted by molar-refractivity contribution is -0.178. The maximum Gasteiger partial charge on any atom is 0.311 e. The zero-order valence-corrected chi connectivity index (χ0v) is 20.0. The van der Waals surface area contributed by atoms with Gasteiger partial charge in [-0.3, -0.25) is 14.4 Å². The Morgan fingerprint density at radius 3 is 2.25 bits per heavy atom. The topological polar surface area (TPSA) is 99.1 Å². The molecule has 0 aliphatic heterocycles. The normalized spacial score (nSPS) is 41.1. The molecule has 178 valence electrons. The predicted octanol–water partition coefficient (Wildman–Crippen LogP) is 3.49. The van der Waals surface area contributed by atoms with Gasteiger partial charge in [0.25, 0.3) is 0 Å². The molecule has 1 N–H and O–H groups in total. The van der Waals surface area contributed by atoms with E-state index in [1.807, 2.05) is 20.8 Å². The van der Waals surface area contributed by atoms with Crippen molar-refractivity contribution in [3.05, 3.63) is 23.8 Å². The van der Waals surface area contributed by atoms with E-state index in [9.17, 15) is 19.5 Å². The summed E-state index contributed by atoms with van der Waals surface area (Å²) in [5.41, 5.74) is -0.467. The van der Waals surface area contributed by atoms with Crippen molar-refractivity contribution in [3.8, 4) is 0 Å². The number of methoxy groups -OCH3 is 1. The Hall–Kier alpha value is -2.15. The van der Waals surface area contributed by atoms with Gasteiger partial charge in [-0.1, -0.05) is 25.5 Å². The Morgan fingerprint density at radius 2 is 1.72 bits per heavy atom. The van der Waals surface area contributed by atoms with Gasteiger partial charge in [-0.05, 0) is 44.9 Å². The lowest BCUT2D eigenvalue weighted by Gasteiger charge is -2.60. The third-order valence-corrected chi connectivity index (χ3v) is 8.42. The van der Waals surface area contributed by atoms with Crippen molar-refractivity contribution in [3.63, 3.8) is 0 Å². The van der Waals surface area contributed by atoms with Crippen LogP contribution in [-0.4, -0.2) is 48.4 Å². The van der Waals surface area contributed by atoms with E-state index >= 15 is 0 Å². The number of esters is 3. The number of hydrogen-bond acceptors (Lipinski definition) is 7. The Labute approximate surface area is 190 Å². The van der Waals surface area contributed by atoms with Crippen LogP contribution >= 0.6 is 0 Å². The lowest BCUT2D eigenvalue weighted by atomic mass is 9.45. The van der Waals surface area contributed by atoms with Gasteiger partial charge < -0.3 is 19.3 Å². The summed E-state index contributed by atoms with van der Waals surface area (Å²) in [5, 5.41) is 11.3. The van der Waals surface area contributed by atoms with Gasteiger partial charge in [0.05, 0.1) is 18.6 Å². The standard InChI is InChI=1S/C25H36O7/c1-8-23(4)11-9-16-20(21(23)32-15(3)27)17(31-14(2)26)13-18-24(5,22(29)30-7)12-10-19(28)25(16,18)6/h8,17-19,21,28H,1,9-13H2,2-7H3/t17-,18+,19+,21-,23+,24-,25-/m1/s1. The molecule has 0 aromatic heterocycles. The van der Waals surface area contributed by atoms with Gasteiger partial charge in [0.15, 0.2) is 0 Å². The summed E-state index contributed by atoms with van der Waals surface area (Å²) in [6.45, 7) is 12.5. The maximum absolute atomic E-state index is 12.9. The van der Waals surface area contributed by atoms with Crippen molar-refractivity contribution in [1.82, 2.24) is 0 Å². The summed E-state index contributed by atoms with van der Waals surface area (Å²) < 4.78 is 16.8. The minimum atomic E-state index is -0.838. The molecule has 0 aromatic rings. The van der Waals surface area contributed by atoms with Crippen LogP contribution in [0.15, 0.2) is 23.8 Å². The molecule has 1 fully saturated rings. The largest absolute Gasteiger partial charge is 0.469 e. The Morgan fingerprint density at radius 1 is 1.09 bits per heavy atom. The average molecular weight is 449 g/mol. The Balaban J connectivity index is 2.27. The molecule has 1 saturated carbocycles. The SMILES string of the molecule is C=C[C@@]1(C)CCC2=C([C@H]1OC(C)=O)[C@H](OC(C)=O)C[C@@H]1[C@]2(C)[C@@H](O)CC[C@@]1(C)C(=O)OC. The maximum atomic E-state index is 12.9. The molecule has 32 heavy (non-hydrogen) atoms. The van der Waals surface area contributed by atoms with Crippen molar-refractivity contribution in [1.29, 1.82) is 0 Å². The summed E-state index contributed by atoms with van der Waals surface area (Å²) in [4.78, 5) is 37.1. The van der Waals surface area contributed by atoms with Crippen molar-refractivity contribution >= 4 is 17.9 Å². The van der Waals surface area contributed by atoms with Crippen LogP contribution in [0.4, 0.5) is 0 Å². The van der Waals surface area contributed by atoms with Gasteiger partial charge in [-0.15, -0.1) is 6.58 Å². The van der Waals surface area contributed by atoms with Gasteiger partial charge in [0.2, 0.25) is 0 Å². The highest BCUT2D eigenvalue weighted by molar-refractivity contribution is 5.77. The number of rotatable bonds is 4. The smallest absolute Gasteiger partial charge is 0.311 e. The highest BCUT2D eigenvalue weighted by Crippen LogP contribution is 2.64. The van der Waals surface area contributed by atoms with Crippen LogP contribution in [-0.2, 0) is 28.6 Å². The van der Waals surface area contributed by atoms with E-state index in [-0.39, 0.29) is 11.9 Å². The van der Waals surface area contributed by atoms with Gasteiger partial charge >= 0.3 is 17.9 Å². The van der Waals surface area contributed by atoms with Crippen LogP contribution in [0.3, 0.4) is 0 Å². The number of aliphatic hydroxyl groups excluding tert-OH is 1. The number of ether oxygens (including phenoxy) is 3. The van der Waals surface area contributed by atoms with Crippen molar-refractivity contribution in [2.75, 3.05) is 7.11 Å². The van der Waals surface area contributed by atoms with E-state index in [0.29, 0.717) is 32.1 Å². The monoisotopic (exact) mass is 448 g/mol. The first-order valence-corrected chi connectivity index (χ1v) is 11.3. The molecule has 7 atom stereocenters. The molecule has 0 spiro atoms. The fraction of sp³-hybridized carbons (Fsp3) is 0.720. The van der Waals surface area contributed by atoms with E-state index in [0.717, 1.165) is 11.1 Å². The van der Waals surface area contributed by atoms with Crippen molar-refractivity contribution < 1.29 is 33.7 Å². The molecule has 0 bridgehead atoms. The van der Waals surface area contributed by atoms with Crippen LogP contribution < -0.4 is 0 Å². The summed E-state index contributed by atoms with van der Waals surface area (Å²) >= 11 is 0. The minimum Gasteiger partial charge on any atom is -0.469 e. The minimum absolute atomic E-state index is 0.305. The van der Waals surface area contributed by atoms with Crippen LogP contribution in [0, 0.1) is 22.2 Å². The van der Waals surface area contributed by atoms with Crippen LogP contribution in [0.1, 0.15) is 66.7 Å². The number of aliphatic hydroxyl groups is 1. The molecule has 0 unspecified atom stereocenters. The van der Waals surface area contributed by atoms with Crippen LogP contribution in [0.5, 0.6) is 0 Å². The predicted molar refractivity (Wildman–Crippen MR) is 117 cm³/mol. The Bertz CT molecular complexity index is 860. The Kier molecular flexibility index (Phi) is 6.37. The molecule has 3 aliphatic carbocycles. The molecule has 3 aliphatic rings. The number of fused-ring (bicyclic) bond motifs is 2. The van der Waals surface area contributed by atoms with E-state index in [1.54, 1.807) is 6.08 Å². The van der Waals surface area contributed by atoms with E-state index in [1.165, 1.54) is 21.0 Å². The van der Waals surface area contributed by atoms with E-state index < -0.39 is 46.5 Å². The highest BCUT2D eigenvalue weighted by Gasteiger charge is 2.64. The lowest BCUT2D eigenvalue weighted by Crippen LogP contribution is -2.61. The van der Waals surface area contributed by atoms with Crippen molar-refractivity contribution in [2.24, 2.45) is 22.2 Å². The number of carbonyl (C=O) groups excluding carboxylic acids is 3. The molecular weight excluding hydrogens is 412 g/mol. The molecule has 0 heterocycles. The molecule has 0 aromatic carbocycles. The summed E-state index contributed by atoms with van der Waals surface area (Å²) in [7, 11) is 1.37. The zero-order chi connectivity index (χ0) is 24.1. The second-order valence-electron chi connectivity index (χ2n) is 10.3. The summed E-state index contributed by atoms with van der Waals surface area (Å²) in [6.07, 6.45) is 2.32. The van der Waals surface area contributed by atoms with Gasteiger partial charge in [-0.2, -0.15) is 0 Å². The highest BCUT2D eigenvalue weighted by atomic mass is 16.6. The number of hydrogen-bond donors (Lipinski definition) is 1. The first-order chi connectivity index (χ1) is 14.8. The molecule has 0 amide bonds. The van der Waals surface area contributed by atoms with Gasteiger partial charge in [0.1, 0.15) is 12.2 Å². The first kappa shape index (κ1) is 24.5.